The first-order valence-electron chi connectivity index (χ1n) is 7.96. The van der Waals surface area contributed by atoms with E-state index >= 15 is 0 Å². The van der Waals surface area contributed by atoms with E-state index in [0.717, 1.165) is 6.54 Å². The Bertz CT molecular complexity index is 435. The highest BCUT2D eigenvalue weighted by molar-refractivity contribution is 5.49. The second kappa shape index (κ2) is 6.76. The standard InChI is InChI=1S/C19H33N/c1-13-14(2)16(4)18(17(5)15(13)3)11-9-10-12-20-19(6,7)8/h20H,9-12H2,1-8H3. The fourth-order valence-corrected chi connectivity index (χ4v) is 2.84. The van der Waals surface area contributed by atoms with Crippen molar-refractivity contribution in [1.82, 2.24) is 5.32 Å². The van der Waals surface area contributed by atoms with Crippen LogP contribution in [0.25, 0.3) is 0 Å². The van der Waals surface area contributed by atoms with E-state index in [0.29, 0.717) is 0 Å². The summed E-state index contributed by atoms with van der Waals surface area (Å²) in [4.78, 5) is 0. The largest absolute Gasteiger partial charge is 0.312 e. The Labute approximate surface area is 126 Å². The number of hydrogen-bond donors (Lipinski definition) is 1. The van der Waals surface area contributed by atoms with Crippen LogP contribution in [-0.2, 0) is 6.42 Å². The third-order valence-electron chi connectivity index (χ3n) is 4.66. The van der Waals surface area contributed by atoms with E-state index in [1.165, 1.54) is 47.1 Å². The van der Waals surface area contributed by atoms with Gasteiger partial charge in [-0.25, -0.2) is 0 Å². The van der Waals surface area contributed by atoms with Crippen LogP contribution in [0.2, 0.25) is 0 Å². The molecule has 20 heavy (non-hydrogen) atoms. The number of unbranched alkanes of at least 4 members (excludes halogenated alkanes) is 1. The zero-order valence-electron chi connectivity index (χ0n) is 14.8. The van der Waals surface area contributed by atoms with Gasteiger partial charge in [0.25, 0.3) is 0 Å². The molecule has 1 nitrogen and oxygen atoms in total. The van der Waals surface area contributed by atoms with Gasteiger partial charge < -0.3 is 5.32 Å². The van der Waals surface area contributed by atoms with Gasteiger partial charge in [-0.2, -0.15) is 0 Å². The molecule has 1 aromatic carbocycles. The fraction of sp³-hybridized carbons (Fsp3) is 0.684. The maximum Gasteiger partial charge on any atom is 0.00965 e. The summed E-state index contributed by atoms with van der Waals surface area (Å²) >= 11 is 0. The minimum absolute atomic E-state index is 0.239. The van der Waals surface area contributed by atoms with Crippen LogP contribution in [0, 0.1) is 34.6 Å². The van der Waals surface area contributed by atoms with Crippen LogP contribution < -0.4 is 5.32 Å². The van der Waals surface area contributed by atoms with Crippen LogP contribution in [0.5, 0.6) is 0 Å². The van der Waals surface area contributed by atoms with Crippen molar-refractivity contribution in [2.24, 2.45) is 0 Å². The number of nitrogens with one attached hydrogen (secondary N) is 1. The Kier molecular flexibility index (Phi) is 5.82. The van der Waals surface area contributed by atoms with Gasteiger partial charge in [0.1, 0.15) is 0 Å². The second-order valence-electron chi connectivity index (χ2n) is 7.24. The summed E-state index contributed by atoms with van der Waals surface area (Å²) in [5, 5.41) is 3.57. The normalized spacial score (nSPS) is 12.0. The van der Waals surface area contributed by atoms with Gasteiger partial charge in [0, 0.05) is 5.54 Å². The lowest BCUT2D eigenvalue weighted by atomic mass is 9.87. The third kappa shape index (κ3) is 4.34. The summed E-state index contributed by atoms with van der Waals surface area (Å²) in [6.07, 6.45) is 3.74. The highest BCUT2D eigenvalue weighted by Crippen LogP contribution is 2.27. The molecular formula is C19H33N. The molecule has 0 radical (unpaired) electrons. The number of rotatable bonds is 5. The Morgan fingerprint density at radius 2 is 1.15 bits per heavy atom. The van der Waals surface area contributed by atoms with Crippen molar-refractivity contribution in [1.29, 1.82) is 0 Å². The molecule has 0 bridgehead atoms. The van der Waals surface area contributed by atoms with E-state index in [1.807, 2.05) is 0 Å². The van der Waals surface area contributed by atoms with Crippen molar-refractivity contribution < 1.29 is 0 Å². The average Bonchev–Trinajstić information content (AvgIpc) is 2.36. The molecular weight excluding hydrogens is 242 g/mol. The minimum Gasteiger partial charge on any atom is -0.312 e. The molecule has 0 aliphatic rings. The van der Waals surface area contributed by atoms with Crippen molar-refractivity contribution in [3.63, 3.8) is 0 Å². The molecule has 0 amide bonds. The molecule has 0 saturated carbocycles. The highest BCUT2D eigenvalue weighted by Gasteiger charge is 2.12. The Balaban J connectivity index is 2.66. The molecule has 0 heterocycles. The van der Waals surface area contributed by atoms with Crippen LogP contribution >= 0.6 is 0 Å². The molecule has 0 saturated heterocycles. The summed E-state index contributed by atoms with van der Waals surface area (Å²) in [5.41, 5.74) is 9.28. The van der Waals surface area contributed by atoms with Crippen molar-refractivity contribution in [3.8, 4) is 0 Å². The van der Waals surface area contributed by atoms with Gasteiger partial charge in [-0.1, -0.05) is 0 Å². The minimum atomic E-state index is 0.239. The first kappa shape index (κ1) is 17.2. The molecule has 0 aliphatic carbocycles. The van der Waals surface area contributed by atoms with Crippen LogP contribution in [0.4, 0.5) is 0 Å². The zero-order valence-corrected chi connectivity index (χ0v) is 14.8. The van der Waals surface area contributed by atoms with Crippen molar-refractivity contribution >= 4 is 0 Å². The summed E-state index contributed by atoms with van der Waals surface area (Å²) in [6, 6.07) is 0. The summed E-state index contributed by atoms with van der Waals surface area (Å²) in [6.45, 7) is 19.2. The highest BCUT2D eigenvalue weighted by atomic mass is 14.9. The Morgan fingerprint density at radius 1 is 0.700 bits per heavy atom. The van der Waals surface area contributed by atoms with Gasteiger partial charge >= 0.3 is 0 Å². The predicted molar refractivity (Wildman–Crippen MR) is 90.8 cm³/mol. The van der Waals surface area contributed by atoms with Crippen LogP contribution in [0.15, 0.2) is 0 Å². The molecule has 114 valence electrons. The van der Waals surface area contributed by atoms with Crippen LogP contribution in [0.1, 0.15) is 67.0 Å². The SMILES string of the molecule is Cc1c(C)c(C)c(CCCCNC(C)(C)C)c(C)c1C. The van der Waals surface area contributed by atoms with E-state index < -0.39 is 0 Å². The molecule has 0 aliphatic heterocycles. The molecule has 1 N–H and O–H groups in total. The summed E-state index contributed by atoms with van der Waals surface area (Å²) in [7, 11) is 0. The van der Waals surface area contributed by atoms with E-state index in [-0.39, 0.29) is 5.54 Å². The van der Waals surface area contributed by atoms with Crippen molar-refractivity contribution in [3.05, 3.63) is 33.4 Å². The maximum atomic E-state index is 3.57. The van der Waals surface area contributed by atoms with E-state index in [2.05, 4.69) is 60.7 Å². The van der Waals surface area contributed by atoms with Crippen molar-refractivity contribution in [2.75, 3.05) is 6.54 Å². The fourth-order valence-electron chi connectivity index (χ4n) is 2.84. The van der Waals surface area contributed by atoms with E-state index in [9.17, 15) is 0 Å². The second-order valence-corrected chi connectivity index (χ2v) is 7.24. The average molecular weight is 275 g/mol. The Hall–Kier alpha value is -0.820. The predicted octanol–water partition coefficient (Wildman–Crippen LogP) is 4.94. The van der Waals surface area contributed by atoms with Gasteiger partial charge in [-0.05, 0) is 115 Å². The molecule has 0 aromatic heterocycles. The van der Waals surface area contributed by atoms with Crippen LogP contribution in [-0.4, -0.2) is 12.1 Å². The monoisotopic (exact) mass is 275 g/mol. The van der Waals surface area contributed by atoms with Gasteiger partial charge in [-0.15, -0.1) is 0 Å². The van der Waals surface area contributed by atoms with Gasteiger partial charge in [0.2, 0.25) is 0 Å². The maximum absolute atomic E-state index is 3.57. The molecule has 1 rings (SSSR count). The summed E-state index contributed by atoms with van der Waals surface area (Å²) in [5.74, 6) is 0. The van der Waals surface area contributed by atoms with Crippen LogP contribution in [0.3, 0.4) is 0 Å². The lowest BCUT2D eigenvalue weighted by Gasteiger charge is -2.21. The lowest BCUT2D eigenvalue weighted by molar-refractivity contribution is 0.419. The molecule has 0 atom stereocenters. The first-order valence-corrected chi connectivity index (χ1v) is 7.96. The molecule has 1 aromatic rings. The quantitative estimate of drug-likeness (QED) is 0.751. The number of hydrogen-bond acceptors (Lipinski definition) is 1. The van der Waals surface area contributed by atoms with E-state index in [1.54, 1.807) is 5.56 Å². The summed E-state index contributed by atoms with van der Waals surface area (Å²) < 4.78 is 0. The van der Waals surface area contributed by atoms with Gasteiger partial charge in [0.15, 0.2) is 0 Å². The van der Waals surface area contributed by atoms with Gasteiger partial charge in [-0.3, -0.25) is 0 Å². The molecule has 0 unspecified atom stereocenters. The van der Waals surface area contributed by atoms with Crippen molar-refractivity contribution in [2.45, 2.75) is 80.2 Å². The Morgan fingerprint density at radius 3 is 1.60 bits per heavy atom. The zero-order chi connectivity index (χ0) is 15.5. The molecule has 0 fully saturated rings. The number of benzene rings is 1. The lowest BCUT2D eigenvalue weighted by Crippen LogP contribution is -2.36. The van der Waals surface area contributed by atoms with E-state index in [4.69, 9.17) is 0 Å². The first-order chi connectivity index (χ1) is 9.15. The topological polar surface area (TPSA) is 12.0 Å². The third-order valence-corrected chi connectivity index (χ3v) is 4.66. The molecule has 0 spiro atoms. The molecule has 1 heteroatoms. The smallest absolute Gasteiger partial charge is 0.00965 e. The van der Waals surface area contributed by atoms with Gasteiger partial charge in [0.05, 0.1) is 0 Å².